The van der Waals surface area contributed by atoms with E-state index in [2.05, 4.69) is 0 Å². The zero-order chi connectivity index (χ0) is 15.6. The quantitative estimate of drug-likeness (QED) is 0.475. The minimum atomic E-state index is -0.604. The van der Waals surface area contributed by atoms with Gasteiger partial charge in [0, 0.05) is 12.6 Å². The fraction of sp³-hybridized carbons (Fsp3) is 0.400. The number of hydrogen-bond acceptors (Lipinski definition) is 4. The largest absolute Gasteiger partial charge is 0.444 e. The van der Waals surface area contributed by atoms with Crippen LogP contribution >= 0.6 is 0 Å². The first-order valence-corrected chi connectivity index (χ1v) is 6.69. The third-order valence-corrected chi connectivity index (χ3v) is 3.04. The van der Waals surface area contributed by atoms with Crippen LogP contribution in [-0.2, 0) is 4.74 Å². The molecule has 0 aromatic heterocycles. The average molecular weight is 290 g/mol. The van der Waals surface area contributed by atoms with Crippen molar-refractivity contribution in [3.05, 3.63) is 52.1 Å². The number of ether oxygens (including phenoxy) is 1. The SMILES string of the molecule is CC(C)(C)OC(=O)N1CC=CC1c1ccccc1[N+](=O)[O-]. The van der Waals surface area contributed by atoms with Crippen LogP contribution in [0.1, 0.15) is 32.4 Å². The van der Waals surface area contributed by atoms with E-state index in [9.17, 15) is 14.9 Å². The average Bonchev–Trinajstić information content (AvgIpc) is 2.85. The molecule has 1 aliphatic heterocycles. The monoisotopic (exact) mass is 290 g/mol. The molecule has 0 aliphatic carbocycles. The number of para-hydroxylation sites is 1. The summed E-state index contributed by atoms with van der Waals surface area (Å²) in [6.07, 6.45) is 3.12. The van der Waals surface area contributed by atoms with Gasteiger partial charge in [-0.25, -0.2) is 4.79 Å². The van der Waals surface area contributed by atoms with Gasteiger partial charge in [-0.3, -0.25) is 15.0 Å². The molecule has 1 unspecified atom stereocenters. The van der Waals surface area contributed by atoms with E-state index in [1.165, 1.54) is 11.0 Å². The summed E-state index contributed by atoms with van der Waals surface area (Å²) in [7, 11) is 0. The van der Waals surface area contributed by atoms with Crippen LogP contribution in [0.25, 0.3) is 0 Å². The van der Waals surface area contributed by atoms with Crippen molar-refractivity contribution in [3.8, 4) is 0 Å². The van der Waals surface area contributed by atoms with Crippen LogP contribution in [0.2, 0.25) is 0 Å². The van der Waals surface area contributed by atoms with Gasteiger partial charge in [0.2, 0.25) is 0 Å². The lowest BCUT2D eigenvalue weighted by atomic mass is 10.0. The first kappa shape index (κ1) is 15.0. The molecule has 0 fully saturated rings. The predicted molar refractivity (Wildman–Crippen MR) is 77.9 cm³/mol. The predicted octanol–water partition coefficient (Wildman–Crippen LogP) is 3.44. The highest BCUT2D eigenvalue weighted by Crippen LogP contribution is 2.33. The van der Waals surface area contributed by atoms with Crippen LogP contribution in [0.5, 0.6) is 0 Å². The summed E-state index contributed by atoms with van der Waals surface area (Å²) in [5.74, 6) is 0. The van der Waals surface area contributed by atoms with Gasteiger partial charge in [0.05, 0.1) is 16.5 Å². The van der Waals surface area contributed by atoms with Crippen molar-refractivity contribution in [2.75, 3.05) is 6.54 Å². The fourth-order valence-electron chi connectivity index (χ4n) is 2.20. The number of benzene rings is 1. The normalized spacial score (nSPS) is 17.9. The third-order valence-electron chi connectivity index (χ3n) is 3.04. The van der Waals surface area contributed by atoms with Gasteiger partial charge >= 0.3 is 6.09 Å². The van der Waals surface area contributed by atoms with E-state index in [0.717, 1.165) is 0 Å². The van der Waals surface area contributed by atoms with Crippen molar-refractivity contribution < 1.29 is 14.5 Å². The molecule has 0 saturated carbocycles. The molecular formula is C15H18N2O4. The maximum absolute atomic E-state index is 12.2. The molecule has 21 heavy (non-hydrogen) atoms. The van der Waals surface area contributed by atoms with E-state index in [4.69, 9.17) is 4.74 Å². The molecule has 1 amide bonds. The number of amides is 1. The lowest BCUT2D eigenvalue weighted by molar-refractivity contribution is -0.385. The number of carbonyl (C=O) groups excluding carboxylic acids is 1. The van der Waals surface area contributed by atoms with Crippen LogP contribution in [0.3, 0.4) is 0 Å². The van der Waals surface area contributed by atoms with Gasteiger partial charge in [-0.2, -0.15) is 0 Å². The molecule has 2 rings (SSSR count). The molecular weight excluding hydrogens is 272 g/mol. The van der Waals surface area contributed by atoms with Crippen LogP contribution in [0.15, 0.2) is 36.4 Å². The van der Waals surface area contributed by atoms with Crippen molar-refractivity contribution in [2.24, 2.45) is 0 Å². The minimum absolute atomic E-state index is 0.00242. The zero-order valence-corrected chi connectivity index (χ0v) is 12.3. The van der Waals surface area contributed by atoms with Crippen LogP contribution in [0.4, 0.5) is 10.5 Å². The van der Waals surface area contributed by atoms with Crippen LogP contribution in [-0.4, -0.2) is 28.1 Å². The lowest BCUT2D eigenvalue weighted by Crippen LogP contribution is -2.36. The molecule has 1 atom stereocenters. The zero-order valence-electron chi connectivity index (χ0n) is 12.3. The number of hydrogen-bond donors (Lipinski definition) is 0. The molecule has 6 nitrogen and oxygen atoms in total. The molecule has 6 heteroatoms. The van der Waals surface area contributed by atoms with Crippen LogP contribution < -0.4 is 0 Å². The van der Waals surface area contributed by atoms with E-state index in [1.807, 2.05) is 6.08 Å². The Balaban J connectivity index is 2.29. The molecule has 0 N–H and O–H groups in total. The molecule has 0 saturated heterocycles. The summed E-state index contributed by atoms with van der Waals surface area (Å²) in [5, 5.41) is 11.1. The maximum Gasteiger partial charge on any atom is 0.411 e. The van der Waals surface area contributed by atoms with E-state index >= 15 is 0 Å². The summed E-state index contributed by atoms with van der Waals surface area (Å²) in [4.78, 5) is 24.4. The summed E-state index contributed by atoms with van der Waals surface area (Å²) in [6, 6.07) is 5.96. The number of nitro benzene ring substituents is 1. The highest BCUT2D eigenvalue weighted by atomic mass is 16.6. The summed E-state index contributed by atoms with van der Waals surface area (Å²) >= 11 is 0. The lowest BCUT2D eigenvalue weighted by Gasteiger charge is -2.28. The second-order valence-corrected chi connectivity index (χ2v) is 5.82. The molecule has 1 aromatic carbocycles. The number of rotatable bonds is 2. The third kappa shape index (κ3) is 3.39. The molecule has 1 heterocycles. The Morgan fingerprint density at radius 2 is 2.05 bits per heavy atom. The Morgan fingerprint density at radius 1 is 1.38 bits per heavy atom. The van der Waals surface area contributed by atoms with Gasteiger partial charge in [-0.05, 0) is 26.8 Å². The summed E-state index contributed by atoms with van der Waals surface area (Å²) in [6.45, 7) is 5.74. The van der Waals surface area contributed by atoms with E-state index in [-0.39, 0.29) is 5.69 Å². The standard InChI is InChI=1S/C15H18N2O4/c1-15(2,3)21-14(18)16-10-6-9-12(16)11-7-4-5-8-13(11)17(19)20/h4-9,12H,10H2,1-3H3. The van der Waals surface area contributed by atoms with Gasteiger partial charge in [0.15, 0.2) is 0 Å². The van der Waals surface area contributed by atoms with Crippen molar-refractivity contribution in [1.29, 1.82) is 0 Å². The second-order valence-electron chi connectivity index (χ2n) is 5.82. The Morgan fingerprint density at radius 3 is 2.67 bits per heavy atom. The topological polar surface area (TPSA) is 72.7 Å². The Bertz CT molecular complexity index is 590. The van der Waals surface area contributed by atoms with Crippen LogP contribution in [0, 0.1) is 10.1 Å². The molecule has 0 bridgehead atoms. The summed E-state index contributed by atoms with van der Waals surface area (Å²) in [5.41, 5.74) is -0.114. The smallest absolute Gasteiger partial charge is 0.411 e. The van der Waals surface area contributed by atoms with Crippen molar-refractivity contribution in [1.82, 2.24) is 4.90 Å². The second kappa shape index (κ2) is 5.55. The number of carbonyl (C=O) groups is 1. The molecule has 1 aliphatic rings. The van der Waals surface area contributed by atoms with Crippen molar-refractivity contribution >= 4 is 11.8 Å². The highest BCUT2D eigenvalue weighted by Gasteiger charge is 2.33. The van der Waals surface area contributed by atoms with Gasteiger partial charge in [0.1, 0.15) is 5.60 Å². The Kier molecular flexibility index (Phi) is 3.97. The minimum Gasteiger partial charge on any atom is -0.444 e. The number of nitro groups is 1. The fourth-order valence-corrected chi connectivity index (χ4v) is 2.20. The number of nitrogens with zero attached hydrogens (tertiary/aromatic N) is 2. The first-order chi connectivity index (χ1) is 9.79. The van der Waals surface area contributed by atoms with Crippen molar-refractivity contribution in [2.45, 2.75) is 32.4 Å². The van der Waals surface area contributed by atoms with Gasteiger partial charge in [-0.15, -0.1) is 0 Å². The maximum atomic E-state index is 12.2. The molecule has 0 radical (unpaired) electrons. The molecule has 112 valence electrons. The Labute approximate surface area is 123 Å². The molecule has 1 aromatic rings. The molecule has 0 spiro atoms. The summed E-state index contributed by atoms with van der Waals surface area (Å²) < 4.78 is 5.35. The van der Waals surface area contributed by atoms with E-state index < -0.39 is 22.7 Å². The van der Waals surface area contributed by atoms with E-state index in [0.29, 0.717) is 12.1 Å². The first-order valence-electron chi connectivity index (χ1n) is 6.69. The van der Waals surface area contributed by atoms with Gasteiger partial charge < -0.3 is 4.74 Å². The Hall–Kier alpha value is -2.37. The highest BCUT2D eigenvalue weighted by molar-refractivity contribution is 5.70. The van der Waals surface area contributed by atoms with Crippen molar-refractivity contribution in [3.63, 3.8) is 0 Å². The van der Waals surface area contributed by atoms with Gasteiger partial charge in [-0.1, -0.05) is 24.3 Å². The van der Waals surface area contributed by atoms with Gasteiger partial charge in [0.25, 0.3) is 5.69 Å². The van der Waals surface area contributed by atoms with E-state index in [1.54, 1.807) is 45.0 Å².